The summed E-state index contributed by atoms with van der Waals surface area (Å²) in [5.74, 6) is 0.594. The summed E-state index contributed by atoms with van der Waals surface area (Å²) >= 11 is 0. The van der Waals surface area contributed by atoms with Crippen molar-refractivity contribution in [3.05, 3.63) is 95.1 Å². The summed E-state index contributed by atoms with van der Waals surface area (Å²) in [5.41, 5.74) is 4.05. The zero-order chi connectivity index (χ0) is 20.6. The third kappa shape index (κ3) is 5.98. The third-order valence-corrected chi connectivity index (χ3v) is 4.32. The Hall–Kier alpha value is -3.53. The van der Waals surface area contributed by atoms with Crippen LogP contribution in [0.15, 0.2) is 72.8 Å². The highest BCUT2D eigenvalue weighted by atomic mass is 16.5. The van der Waals surface area contributed by atoms with Crippen LogP contribution in [-0.2, 0) is 4.79 Å². The van der Waals surface area contributed by atoms with Gasteiger partial charge < -0.3 is 14.6 Å². The molecule has 3 aromatic carbocycles. The molecule has 3 rings (SSSR count). The first-order valence-corrected chi connectivity index (χ1v) is 9.45. The summed E-state index contributed by atoms with van der Waals surface area (Å²) in [6, 6.07) is 22.5. The molecule has 148 valence electrons. The Balaban J connectivity index is 1.57. The van der Waals surface area contributed by atoms with Gasteiger partial charge in [-0.05, 0) is 66.4 Å². The number of aliphatic carboxylic acids is 1. The van der Waals surface area contributed by atoms with E-state index in [-0.39, 0.29) is 5.57 Å². The second kappa shape index (κ2) is 9.60. The number of carboxylic acids is 1. The number of ether oxygens (including phenoxy) is 2. The normalized spacial score (nSPS) is 11.2. The standard InChI is InChI=1S/C25H24O4/c1-18-14-19(2)16-23(15-18)29-13-12-28-22-10-8-20(9-11-22)17-24(25(26)27)21-6-4-3-5-7-21/h3-11,14-17H,12-13H2,1-2H3,(H,26,27)/b24-17-. The molecule has 0 aliphatic heterocycles. The van der Waals surface area contributed by atoms with Crippen molar-refractivity contribution in [2.45, 2.75) is 13.8 Å². The quantitative estimate of drug-likeness (QED) is 0.319. The number of hydrogen-bond acceptors (Lipinski definition) is 3. The summed E-state index contributed by atoms with van der Waals surface area (Å²) in [7, 11) is 0. The van der Waals surface area contributed by atoms with Crippen molar-refractivity contribution in [2.24, 2.45) is 0 Å². The number of carbonyl (C=O) groups is 1. The minimum atomic E-state index is -0.958. The average molecular weight is 388 g/mol. The Morgan fingerprint density at radius 1 is 0.828 bits per heavy atom. The maximum Gasteiger partial charge on any atom is 0.336 e. The minimum absolute atomic E-state index is 0.251. The highest BCUT2D eigenvalue weighted by Crippen LogP contribution is 2.21. The first-order valence-electron chi connectivity index (χ1n) is 9.45. The molecule has 0 amide bonds. The molecule has 0 atom stereocenters. The number of aryl methyl sites for hydroxylation is 2. The fraction of sp³-hybridized carbons (Fsp3) is 0.160. The summed E-state index contributed by atoms with van der Waals surface area (Å²) in [5, 5.41) is 9.51. The van der Waals surface area contributed by atoms with Crippen LogP contribution < -0.4 is 9.47 Å². The Labute approximate surface area is 171 Å². The molecule has 0 bridgehead atoms. The molecular weight excluding hydrogens is 364 g/mol. The van der Waals surface area contributed by atoms with E-state index in [4.69, 9.17) is 9.47 Å². The van der Waals surface area contributed by atoms with Crippen LogP contribution in [0.1, 0.15) is 22.3 Å². The lowest BCUT2D eigenvalue weighted by molar-refractivity contribution is -0.130. The molecule has 0 fully saturated rings. The fourth-order valence-electron chi connectivity index (χ4n) is 3.05. The van der Waals surface area contributed by atoms with Crippen molar-refractivity contribution in [1.82, 2.24) is 0 Å². The van der Waals surface area contributed by atoms with Crippen molar-refractivity contribution in [3.8, 4) is 11.5 Å². The van der Waals surface area contributed by atoms with E-state index in [1.807, 2.05) is 68.4 Å². The molecule has 0 heterocycles. The SMILES string of the molecule is Cc1cc(C)cc(OCCOc2ccc(/C=C(\C(=O)O)c3ccccc3)cc2)c1. The van der Waals surface area contributed by atoms with E-state index >= 15 is 0 Å². The van der Waals surface area contributed by atoms with Crippen LogP contribution in [0.3, 0.4) is 0 Å². The molecular formula is C25H24O4. The molecule has 3 aromatic rings. The average Bonchev–Trinajstić information content (AvgIpc) is 2.70. The van der Waals surface area contributed by atoms with E-state index < -0.39 is 5.97 Å². The molecule has 0 aromatic heterocycles. The highest BCUT2D eigenvalue weighted by Gasteiger charge is 2.09. The molecule has 1 N–H and O–H groups in total. The van der Waals surface area contributed by atoms with Crippen molar-refractivity contribution in [1.29, 1.82) is 0 Å². The van der Waals surface area contributed by atoms with Crippen molar-refractivity contribution >= 4 is 17.6 Å². The van der Waals surface area contributed by atoms with Crippen LogP contribution in [0.5, 0.6) is 11.5 Å². The van der Waals surface area contributed by atoms with Crippen LogP contribution in [0.4, 0.5) is 0 Å². The molecule has 0 aliphatic rings. The largest absolute Gasteiger partial charge is 0.490 e. The highest BCUT2D eigenvalue weighted by molar-refractivity contribution is 6.20. The van der Waals surface area contributed by atoms with Crippen LogP contribution in [0.2, 0.25) is 0 Å². The maximum atomic E-state index is 11.6. The first kappa shape index (κ1) is 20.2. The molecule has 0 aliphatic carbocycles. The minimum Gasteiger partial charge on any atom is -0.490 e. The third-order valence-electron chi connectivity index (χ3n) is 4.32. The molecule has 0 unspecified atom stereocenters. The molecule has 29 heavy (non-hydrogen) atoms. The summed E-state index contributed by atoms with van der Waals surface area (Å²) in [6.07, 6.45) is 1.66. The van der Waals surface area contributed by atoms with Crippen molar-refractivity contribution in [2.75, 3.05) is 13.2 Å². The van der Waals surface area contributed by atoms with Crippen LogP contribution in [0.25, 0.3) is 11.6 Å². The Morgan fingerprint density at radius 2 is 1.41 bits per heavy atom. The summed E-state index contributed by atoms with van der Waals surface area (Å²) in [4.78, 5) is 11.6. The van der Waals surface area contributed by atoms with Gasteiger partial charge >= 0.3 is 5.97 Å². The molecule has 0 radical (unpaired) electrons. The number of hydrogen-bond donors (Lipinski definition) is 1. The molecule has 0 spiro atoms. The fourth-order valence-corrected chi connectivity index (χ4v) is 3.05. The van der Waals surface area contributed by atoms with Crippen LogP contribution in [0, 0.1) is 13.8 Å². The lowest BCUT2D eigenvalue weighted by Gasteiger charge is -2.10. The number of benzene rings is 3. The smallest absolute Gasteiger partial charge is 0.336 e. The van der Waals surface area contributed by atoms with Gasteiger partial charge in [0.15, 0.2) is 0 Å². The van der Waals surface area contributed by atoms with Gasteiger partial charge in [0, 0.05) is 0 Å². The van der Waals surface area contributed by atoms with Gasteiger partial charge in [0.25, 0.3) is 0 Å². The first-order chi connectivity index (χ1) is 14.0. The van der Waals surface area contributed by atoms with Gasteiger partial charge in [-0.1, -0.05) is 48.5 Å². The Kier molecular flexibility index (Phi) is 6.69. The molecule has 0 saturated heterocycles. The van der Waals surface area contributed by atoms with E-state index in [1.165, 1.54) is 11.1 Å². The van der Waals surface area contributed by atoms with E-state index in [1.54, 1.807) is 18.2 Å². The second-order valence-electron chi connectivity index (χ2n) is 6.82. The summed E-state index contributed by atoms with van der Waals surface area (Å²) < 4.78 is 11.5. The lowest BCUT2D eigenvalue weighted by atomic mass is 10.0. The van der Waals surface area contributed by atoms with Crippen molar-refractivity contribution < 1.29 is 19.4 Å². The maximum absolute atomic E-state index is 11.6. The molecule has 0 saturated carbocycles. The van der Waals surface area contributed by atoms with Gasteiger partial charge in [-0.3, -0.25) is 0 Å². The van der Waals surface area contributed by atoms with E-state index in [9.17, 15) is 9.90 Å². The predicted octanol–water partition coefficient (Wildman–Crippen LogP) is 5.39. The number of carboxylic acid groups (broad SMARTS) is 1. The van der Waals surface area contributed by atoms with E-state index in [2.05, 4.69) is 6.07 Å². The monoisotopic (exact) mass is 388 g/mol. The van der Waals surface area contributed by atoms with Gasteiger partial charge in [0.2, 0.25) is 0 Å². The molecule has 4 nitrogen and oxygen atoms in total. The molecule has 4 heteroatoms. The predicted molar refractivity (Wildman–Crippen MR) is 115 cm³/mol. The van der Waals surface area contributed by atoms with Gasteiger partial charge in [-0.15, -0.1) is 0 Å². The lowest BCUT2D eigenvalue weighted by Crippen LogP contribution is -2.09. The van der Waals surface area contributed by atoms with Gasteiger partial charge in [0.1, 0.15) is 24.7 Å². The van der Waals surface area contributed by atoms with E-state index in [0.29, 0.717) is 24.5 Å². The topological polar surface area (TPSA) is 55.8 Å². The Morgan fingerprint density at radius 3 is 2.00 bits per heavy atom. The van der Waals surface area contributed by atoms with Gasteiger partial charge in [-0.25, -0.2) is 4.79 Å². The number of rotatable bonds is 8. The second-order valence-corrected chi connectivity index (χ2v) is 6.82. The Bertz CT molecular complexity index is 969. The van der Waals surface area contributed by atoms with Crippen LogP contribution >= 0.6 is 0 Å². The van der Waals surface area contributed by atoms with E-state index in [0.717, 1.165) is 11.3 Å². The zero-order valence-electron chi connectivity index (χ0n) is 16.6. The van der Waals surface area contributed by atoms with Crippen molar-refractivity contribution in [3.63, 3.8) is 0 Å². The van der Waals surface area contributed by atoms with Gasteiger partial charge in [0.05, 0.1) is 5.57 Å². The van der Waals surface area contributed by atoms with Gasteiger partial charge in [-0.2, -0.15) is 0 Å². The van der Waals surface area contributed by atoms with Crippen LogP contribution in [-0.4, -0.2) is 24.3 Å². The zero-order valence-corrected chi connectivity index (χ0v) is 16.6. The summed E-state index contributed by atoms with van der Waals surface area (Å²) in [6.45, 7) is 4.95.